The van der Waals surface area contributed by atoms with Gasteiger partial charge in [0.25, 0.3) is 0 Å². The van der Waals surface area contributed by atoms with Gasteiger partial charge in [-0.1, -0.05) is 18.2 Å². The Morgan fingerprint density at radius 1 is 1.26 bits per heavy atom. The van der Waals surface area contributed by atoms with Crippen LogP contribution in [0.4, 0.5) is 5.69 Å². The molecule has 19 heavy (non-hydrogen) atoms. The highest BCUT2D eigenvalue weighted by Gasteiger charge is 2.31. The molecule has 2 aliphatic rings. The van der Waals surface area contributed by atoms with E-state index in [1.54, 1.807) is 0 Å². The first-order chi connectivity index (χ1) is 9.25. The summed E-state index contributed by atoms with van der Waals surface area (Å²) in [7, 11) is -0.734. The van der Waals surface area contributed by atoms with Gasteiger partial charge >= 0.3 is 0 Å². The molecule has 0 aromatic heterocycles. The number of para-hydroxylation sites is 1. The van der Waals surface area contributed by atoms with Crippen molar-refractivity contribution in [3.63, 3.8) is 0 Å². The first kappa shape index (κ1) is 12.7. The van der Waals surface area contributed by atoms with Crippen molar-refractivity contribution in [1.82, 2.24) is 4.90 Å². The first-order valence-electron chi connectivity index (χ1n) is 6.72. The molecule has 1 aromatic carbocycles. The zero-order chi connectivity index (χ0) is 13.2. The molecular weight excluding hydrogens is 260 g/mol. The Balaban J connectivity index is 1.79. The number of benzene rings is 1. The summed E-state index contributed by atoms with van der Waals surface area (Å²) >= 11 is 0. The molecule has 0 radical (unpaired) electrons. The summed E-state index contributed by atoms with van der Waals surface area (Å²) in [6, 6.07) is 8.03. The van der Waals surface area contributed by atoms with Gasteiger partial charge in [-0.2, -0.15) is 0 Å². The average molecular weight is 278 g/mol. The van der Waals surface area contributed by atoms with Crippen LogP contribution in [0.15, 0.2) is 24.3 Å². The molecule has 1 fully saturated rings. The molecule has 1 amide bonds. The van der Waals surface area contributed by atoms with Crippen molar-refractivity contribution in [3.8, 4) is 0 Å². The number of hydrogen-bond acceptors (Lipinski definition) is 3. The van der Waals surface area contributed by atoms with Crippen molar-refractivity contribution < 1.29 is 9.00 Å². The zero-order valence-corrected chi connectivity index (χ0v) is 11.6. The van der Waals surface area contributed by atoms with Gasteiger partial charge < -0.3 is 10.2 Å². The molecule has 1 N–H and O–H groups in total. The SMILES string of the molecule is O=C(C1CCNc2ccccc21)N1CCS(=O)CC1. The molecule has 1 saturated heterocycles. The Hall–Kier alpha value is -1.36. The van der Waals surface area contributed by atoms with Crippen LogP contribution in [-0.4, -0.2) is 46.2 Å². The van der Waals surface area contributed by atoms with E-state index in [2.05, 4.69) is 5.32 Å². The third-order valence-electron chi connectivity index (χ3n) is 3.87. The van der Waals surface area contributed by atoms with Crippen molar-refractivity contribution >= 4 is 22.4 Å². The Morgan fingerprint density at radius 2 is 2.00 bits per heavy atom. The summed E-state index contributed by atoms with van der Waals surface area (Å²) in [6.45, 7) is 2.11. The summed E-state index contributed by atoms with van der Waals surface area (Å²) in [5.74, 6) is 1.41. The van der Waals surface area contributed by atoms with Gasteiger partial charge in [0.2, 0.25) is 5.91 Å². The third kappa shape index (κ3) is 2.52. The monoisotopic (exact) mass is 278 g/mol. The summed E-state index contributed by atoms with van der Waals surface area (Å²) in [4.78, 5) is 14.5. The second kappa shape index (κ2) is 5.33. The van der Waals surface area contributed by atoms with Crippen LogP contribution in [-0.2, 0) is 15.6 Å². The van der Waals surface area contributed by atoms with E-state index in [9.17, 15) is 9.00 Å². The maximum absolute atomic E-state index is 12.6. The van der Waals surface area contributed by atoms with Crippen LogP contribution < -0.4 is 5.32 Å². The summed E-state index contributed by atoms with van der Waals surface area (Å²) in [5.41, 5.74) is 2.18. The van der Waals surface area contributed by atoms with E-state index in [1.807, 2.05) is 29.2 Å². The molecule has 0 saturated carbocycles. The Morgan fingerprint density at radius 3 is 2.79 bits per heavy atom. The maximum Gasteiger partial charge on any atom is 0.230 e. The van der Waals surface area contributed by atoms with Gasteiger partial charge in [0.1, 0.15) is 0 Å². The van der Waals surface area contributed by atoms with Gasteiger partial charge in [0.05, 0.1) is 5.92 Å². The van der Waals surface area contributed by atoms with E-state index in [1.165, 1.54) is 0 Å². The molecule has 2 heterocycles. The van der Waals surface area contributed by atoms with Gasteiger partial charge in [0, 0.05) is 47.6 Å². The smallest absolute Gasteiger partial charge is 0.230 e. The van der Waals surface area contributed by atoms with E-state index < -0.39 is 10.8 Å². The molecule has 1 unspecified atom stereocenters. The largest absolute Gasteiger partial charge is 0.385 e. The number of nitrogens with zero attached hydrogens (tertiary/aromatic N) is 1. The van der Waals surface area contributed by atoms with Crippen LogP contribution in [0.25, 0.3) is 0 Å². The van der Waals surface area contributed by atoms with Crippen LogP contribution >= 0.6 is 0 Å². The van der Waals surface area contributed by atoms with Crippen LogP contribution in [0.5, 0.6) is 0 Å². The second-order valence-corrected chi connectivity index (χ2v) is 6.72. The minimum Gasteiger partial charge on any atom is -0.385 e. The summed E-state index contributed by atoms with van der Waals surface area (Å²) in [6.07, 6.45) is 0.843. The van der Waals surface area contributed by atoms with E-state index in [-0.39, 0.29) is 11.8 Å². The topological polar surface area (TPSA) is 49.4 Å². The molecule has 4 nitrogen and oxygen atoms in total. The average Bonchev–Trinajstić information content (AvgIpc) is 2.47. The van der Waals surface area contributed by atoms with Crippen LogP contribution in [0, 0.1) is 0 Å². The van der Waals surface area contributed by atoms with Crippen molar-refractivity contribution in [2.45, 2.75) is 12.3 Å². The number of fused-ring (bicyclic) bond motifs is 1. The lowest BCUT2D eigenvalue weighted by molar-refractivity contribution is -0.132. The Bertz CT molecular complexity index is 508. The number of amides is 1. The van der Waals surface area contributed by atoms with Crippen molar-refractivity contribution in [1.29, 1.82) is 0 Å². The second-order valence-electron chi connectivity index (χ2n) is 5.03. The lowest BCUT2D eigenvalue weighted by Gasteiger charge is -2.33. The normalized spacial score (nSPS) is 23.6. The quantitative estimate of drug-likeness (QED) is 0.839. The fourth-order valence-electron chi connectivity index (χ4n) is 2.80. The van der Waals surface area contributed by atoms with Crippen LogP contribution in [0.1, 0.15) is 17.9 Å². The maximum atomic E-state index is 12.6. The third-order valence-corrected chi connectivity index (χ3v) is 5.15. The van der Waals surface area contributed by atoms with E-state index in [0.717, 1.165) is 24.2 Å². The number of hydrogen-bond donors (Lipinski definition) is 1. The van der Waals surface area contributed by atoms with Crippen molar-refractivity contribution in [2.24, 2.45) is 0 Å². The van der Waals surface area contributed by atoms with Gasteiger partial charge in [-0.05, 0) is 18.1 Å². The van der Waals surface area contributed by atoms with Crippen molar-refractivity contribution in [2.75, 3.05) is 36.5 Å². The predicted molar refractivity (Wildman–Crippen MR) is 76.7 cm³/mol. The standard InChI is InChI=1S/C14H18N2O2S/c17-14(16-7-9-19(18)10-8-16)12-5-6-15-13-4-2-1-3-11(12)13/h1-4,12,15H,5-10H2. The number of nitrogens with one attached hydrogen (secondary N) is 1. The summed E-state index contributed by atoms with van der Waals surface area (Å²) < 4.78 is 11.4. The minimum absolute atomic E-state index is 0.0380. The molecule has 3 rings (SSSR count). The summed E-state index contributed by atoms with van der Waals surface area (Å²) in [5, 5.41) is 3.34. The number of anilines is 1. The molecule has 1 atom stereocenters. The van der Waals surface area contributed by atoms with Crippen LogP contribution in [0.2, 0.25) is 0 Å². The fourth-order valence-corrected chi connectivity index (χ4v) is 3.86. The molecule has 2 aliphatic heterocycles. The molecule has 1 aromatic rings. The van der Waals surface area contributed by atoms with E-state index in [0.29, 0.717) is 24.6 Å². The molecule has 5 heteroatoms. The number of carbonyl (C=O) groups excluding carboxylic acids is 1. The highest BCUT2D eigenvalue weighted by molar-refractivity contribution is 7.85. The molecule has 0 aliphatic carbocycles. The Labute approximate surface area is 115 Å². The lowest BCUT2D eigenvalue weighted by atomic mass is 9.90. The van der Waals surface area contributed by atoms with Gasteiger partial charge in [0.15, 0.2) is 0 Å². The van der Waals surface area contributed by atoms with Gasteiger partial charge in [-0.3, -0.25) is 9.00 Å². The minimum atomic E-state index is -0.734. The highest BCUT2D eigenvalue weighted by atomic mass is 32.2. The highest BCUT2D eigenvalue weighted by Crippen LogP contribution is 2.32. The zero-order valence-electron chi connectivity index (χ0n) is 10.8. The van der Waals surface area contributed by atoms with Crippen molar-refractivity contribution in [3.05, 3.63) is 29.8 Å². The van der Waals surface area contributed by atoms with Gasteiger partial charge in [-0.25, -0.2) is 0 Å². The van der Waals surface area contributed by atoms with E-state index >= 15 is 0 Å². The fraction of sp³-hybridized carbons (Fsp3) is 0.500. The first-order valence-corrected chi connectivity index (χ1v) is 8.21. The number of rotatable bonds is 1. The van der Waals surface area contributed by atoms with Crippen LogP contribution in [0.3, 0.4) is 0 Å². The van der Waals surface area contributed by atoms with E-state index in [4.69, 9.17) is 0 Å². The lowest BCUT2D eigenvalue weighted by Crippen LogP contribution is -2.44. The molecule has 102 valence electrons. The molecule has 0 bridgehead atoms. The molecule has 0 spiro atoms. The predicted octanol–water partition coefficient (Wildman–Crippen LogP) is 1.18. The molecular formula is C14H18N2O2S. The Kier molecular flexibility index (Phi) is 3.55. The van der Waals surface area contributed by atoms with Gasteiger partial charge in [-0.15, -0.1) is 0 Å². The number of carbonyl (C=O) groups is 1.